The van der Waals surface area contributed by atoms with E-state index in [9.17, 15) is 4.79 Å². The third-order valence-corrected chi connectivity index (χ3v) is 3.81. The number of rotatable bonds is 3. The molecule has 0 N–H and O–H groups in total. The molecule has 0 unspecified atom stereocenters. The van der Waals surface area contributed by atoms with Gasteiger partial charge in [-0.3, -0.25) is 0 Å². The van der Waals surface area contributed by atoms with Gasteiger partial charge in [-0.25, -0.2) is 4.79 Å². The summed E-state index contributed by atoms with van der Waals surface area (Å²) in [5.41, 5.74) is 1.68. The molecule has 1 aromatic carbocycles. The summed E-state index contributed by atoms with van der Waals surface area (Å²) in [6.45, 7) is 13.4. The van der Waals surface area contributed by atoms with E-state index in [0.29, 0.717) is 19.7 Å². The Bertz CT molecular complexity index is 548. The summed E-state index contributed by atoms with van der Waals surface area (Å²) in [5.74, 6) is 0.862. The lowest BCUT2D eigenvalue weighted by Gasteiger charge is -2.26. The minimum absolute atomic E-state index is 0.290. The van der Waals surface area contributed by atoms with Crippen LogP contribution in [0.15, 0.2) is 18.2 Å². The van der Waals surface area contributed by atoms with Crippen LogP contribution in [0.3, 0.4) is 0 Å². The number of carbonyl (C=O) groups excluding carboxylic acids is 1. The standard InChI is InChI=1S/C18H28N2O3/c1-6-19(7-2)15-9-8-14-13-20(10-11-22-16(14)12-15)17(21)23-18(3,4)5/h8-9,12H,6-7,10-11,13H2,1-5H3. The van der Waals surface area contributed by atoms with Gasteiger partial charge in [0, 0.05) is 30.4 Å². The molecule has 2 rings (SSSR count). The highest BCUT2D eigenvalue weighted by Crippen LogP contribution is 2.29. The predicted molar refractivity (Wildman–Crippen MR) is 92.1 cm³/mol. The Morgan fingerprint density at radius 1 is 1.30 bits per heavy atom. The summed E-state index contributed by atoms with van der Waals surface area (Å²) in [5, 5.41) is 0. The number of ether oxygens (including phenoxy) is 2. The second kappa shape index (κ2) is 7.11. The molecule has 1 aliphatic rings. The topological polar surface area (TPSA) is 42.0 Å². The molecule has 1 amide bonds. The molecule has 0 atom stereocenters. The van der Waals surface area contributed by atoms with Crippen LogP contribution in [0, 0.1) is 0 Å². The summed E-state index contributed by atoms with van der Waals surface area (Å²) in [7, 11) is 0. The van der Waals surface area contributed by atoms with Crippen LogP contribution < -0.4 is 9.64 Å². The zero-order valence-electron chi connectivity index (χ0n) is 14.9. The van der Waals surface area contributed by atoms with Crippen LogP contribution in [0.25, 0.3) is 0 Å². The molecule has 5 heteroatoms. The Kier molecular flexibility index (Phi) is 5.39. The van der Waals surface area contributed by atoms with Crippen molar-refractivity contribution in [2.24, 2.45) is 0 Å². The van der Waals surface area contributed by atoms with Crippen LogP contribution in [0.5, 0.6) is 5.75 Å². The summed E-state index contributed by atoms with van der Waals surface area (Å²) < 4.78 is 11.3. The maximum atomic E-state index is 12.3. The summed E-state index contributed by atoms with van der Waals surface area (Å²) in [6, 6.07) is 6.21. The number of nitrogens with zero attached hydrogens (tertiary/aromatic N) is 2. The van der Waals surface area contributed by atoms with Crippen molar-refractivity contribution < 1.29 is 14.3 Å². The quantitative estimate of drug-likeness (QED) is 0.852. The SMILES string of the molecule is CCN(CC)c1ccc2c(c1)OCCN(C(=O)OC(C)(C)C)C2. The van der Waals surface area contributed by atoms with E-state index in [4.69, 9.17) is 9.47 Å². The zero-order chi connectivity index (χ0) is 17.0. The largest absolute Gasteiger partial charge is 0.491 e. The molecule has 0 saturated carbocycles. The van der Waals surface area contributed by atoms with Gasteiger partial charge in [-0.1, -0.05) is 6.07 Å². The van der Waals surface area contributed by atoms with Crippen molar-refractivity contribution in [2.45, 2.75) is 46.8 Å². The molecule has 0 bridgehead atoms. The number of fused-ring (bicyclic) bond motifs is 1. The van der Waals surface area contributed by atoms with Crippen molar-refractivity contribution in [1.29, 1.82) is 0 Å². The molecule has 1 aliphatic heterocycles. The highest BCUT2D eigenvalue weighted by molar-refractivity contribution is 5.68. The predicted octanol–water partition coefficient (Wildman–Crippen LogP) is 3.66. The maximum Gasteiger partial charge on any atom is 0.410 e. The molecule has 0 aliphatic carbocycles. The molecule has 1 heterocycles. The molecule has 0 fully saturated rings. The molecule has 5 nitrogen and oxygen atoms in total. The number of benzene rings is 1. The van der Waals surface area contributed by atoms with E-state index in [-0.39, 0.29) is 6.09 Å². The van der Waals surface area contributed by atoms with Crippen molar-refractivity contribution in [3.8, 4) is 5.75 Å². The number of carbonyl (C=O) groups is 1. The highest BCUT2D eigenvalue weighted by atomic mass is 16.6. The molecular formula is C18H28N2O3. The first-order chi connectivity index (χ1) is 10.8. The zero-order valence-corrected chi connectivity index (χ0v) is 14.9. The Labute approximate surface area is 139 Å². The Hall–Kier alpha value is -1.91. The van der Waals surface area contributed by atoms with Crippen LogP contribution in [-0.2, 0) is 11.3 Å². The maximum absolute atomic E-state index is 12.3. The van der Waals surface area contributed by atoms with Gasteiger partial charge in [-0.2, -0.15) is 0 Å². The van der Waals surface area contributed by atoms with E-state index in [1.165, 1.54) is 0 Å². The van der Waals surface area contributed by atoms with Gasteiger partial charge in [-0.15, -0.1) is 0 Å². The van der Waals surface area contributed by atoms with Crippen LogP contribution >= 0.6 is 0 Å². The smallest absolute Gasteiger partial charge is 0.410 e. The Morgan fingerprint density at radius 3 is 2.61 bits per heavy atom. The van der Waals surface area contributed by atoms with Gasteiger partial charge in [0.15, 0.2) is 0 Å². The second-order valence-electron chi connectivity index (χ2n) is 6.71. The van der Waals surface area contributed by atoms with E-state index in [0.717, 1.165) is 30.1 Å². The first kappa shape index (κ1) is 17.4. The van der Waals surface area contributed by atoms with E-state index in [1.807, 2.05) is 26.8 Å². The minimum Gasteiger partial charge on any atom is -0.491 e. The average molecular weight is 320 g/mol. The fourth-order valence-electron chi connectivity index (χ4n) is 2.63. The summed E-state index contributed by atoms with van der Waals surface area (Å²) in [4.78, 5) is 16.3. The van der Waals surface area contributed by atoms with Crippen LogP contribution in [0.2, 0.25) is 0 Å². The Morgan fingerprint density at radius 2 is 2.00 bits per heavy atom. The second-order valence-corrected chi connectivity index (χ2v) is 6.71. The van der Waals surface area contributed by atoms with E-state index >= 15 is 0 Å². The molecule has 1 aromatic rings. The highest BCUT2D eigenvalue weighted by Gasteiger charge is 2.25. The van der Waals surface area contributed by atoms with Crippen LogP contribution in [-0.4, -0.2) is 42.8 Å². The van der Waals surface area contributed by atoms with Gasteiger partial charge < -0.3 is 19.3 Å². The van der Waals surface area contributed by atoms with Gasteiger partial charge in [0.25, 0.3) is 0 Å². The van der Waals surface area contributed by atoms with Gasteiger partial charge >= 0.3 is 6.09 Å². The number of anilines is 1. The van der Waals surface area contributed by atoms with Crippen molar-refractivity contribution in [2.75, 3.05) is 31.1 Å². The average Bonchev–Trinajstić information content (AvgIpc) is 2.68. The molecule has 0 saturated heterocycles. The molecule has 0 spiro atoms. The van der Waals surface area contributed by atoms with E-state index < -0.39 is 5.60 Å². The molecule has 23 heavy (non-hydrogen) atoms. The summed E-state index contributed by atoms with van der Waals surface area (Å²) in [6.07, 6.45) is -0.290. The van der Waals surface area contributed by atoms with Crippen molar-refractivity contribution in [3.05, 3.63) is 23.8 Å². The van der Waals surface area contributed by atoms with Gasteiger partial charge in [-0.05, 0) is 40.7 Å². The third kappa shape index (κ3) is 4.53. The van der Waals surface area contributed by atoms with E-state index in [1.54, 1.807) is 4.90 Å². The third-order valence-electron chi connectivity index (χ3n) is 3.81. The first-order valence-corrected chi connectivity index (χ1v) is 8.32. The number of hydrogen-bond donors (Lipinski definition) is 0. The lowest BCUT2D eigenvalue weighted by molar-refractivity contribution is 0.0225. The molecule has 0 radical (unpaired) electrons. The van der Waals surface area contributed by atoms with Crippen molar-refractivity contribution in [3.63, 3.8) is 0 Å². The monoisotopic (exact) mass is 320 g/mol. The Balaban J connectivity index is 2.16. The van der Waals surface area contributed by atoms with Gasteiger partial charge in [0.05, 0.1) is 13.1 Å². The van der Waals surface area contributed by atoms with Crippen molar-refractivity contribution >= 4 is 11.8 Å². The van der Waals surface area contributed by atoms with Crippen LogP contribution in [0.1, 0.15) is 40.2 Å². The molecule has 128 valence electrons. The fourth-order valence-corrected chi connectivity index (χ4v) is 2.63. The molecule has 0 aromatic heterocycles. The van der Waals surface area contributed by atoms with E-state index in [2.05, 4.69) is 30.9 Å². The number of amides is 1. The minimum atomic E-state index is -0.486. The van der Waals surface area contributed by atoms with Gasteiger partial charge in [0.2, 0.25) is 0 Å². The lowest BCUT2D eigenvalue weighted by Crippen LogP contribution is -2.37. The van der Waals surface area contributed by atoms with Crippen molar-refractivity contribution in [1.82, 2.24) is 4.90 Å². The first-order valence-electron chi connectivity index (χ1n) is 8.32. The molecular weight excluding hydrogens is 292 g/mol. The normalized spacial score (nSPS) is 14.6. The fraction of sp³-hybridized carbons (Fsp3) is 0.611. The van der Waals surface area contributed by atoms with Crippen LogP contribution in [0.4, 0.5) is 10.5 Å². The lowest BCUT2D eigenvalue weighted by atomic mass is 10.1. The van der Waals surface area contributed by atoms with Gasteiger partial charge in [0.1, 0.15) is 18.0 Å². The number of hydrogen-bond acceptors (Lipinski definition) is 4. The summed E-state index contributed by atoms with van der Waals surface area (Å²) >= 11 is 0.